The Kier molecular flexibility index (Phi) is 6.17. The fraction of sp³-hybridized carbons (Fsp3) is 0.0870. The summed E-state index contributed by atoms with van der Waals surface area (Å²) in [7, 11) is 0. The number of aromatic nitrogens is 1. The molecule has 1 aromatic heterocycles. The molecule has 0 fully saturated rings. The summed E-state index contributed by atoms with van der Waals surface area (Å²) in [5.41, 5.74) is 13.0. The second-order valence-electron chi connectivity index (χ2n) is 13.3. The highest BCUT2D eigenvalue weighted by atomic mass is 15.2. The standard InChI is InChI=1S/C46H34N2/c1-3-13-33(14-4-1)47-43-21-11-9-19-39(43)41-29-31(23-27-45(41)47)35-25-26-36(38-18-8-7-17-37(35)38)32-24-28-46-42(30-32)40-20-10-12-22-44(40)48(46)34-15-5-2-6-16-34/h1-30,35,37,40,44H. The summed E-state index contributed by atoms with van der Waals surface area (Å²) in [4.78, 5) is 2.51. The largest absolute Gasteiger partial charge is 0.333 e. The lowest BCUT2D eigenvalue weighted by Crippen LogP contribution is -2.28. The molecule has 4 atom stereocenters. The first-order valence-electron chi connectivity index (χ1n) is 17.0. The van der Waals surface area contributed by atoms with Gasteiger partial charge >= 0.3 is 0 Å². The van der Waals surface area contributed by atoms with Crippen molar-refractivity contribution >= 4 is 38.8 Å². The molecule has 228 valence electrons. The van der Waals surface area contributed by atoms with Crippen LogP contribution in [-0.2, 0) is 0 Å². The van der Waals surface area contributed by atoms with E-state index in [9.17, 15) is 0 Å². The summed E-state index contributed by atoms with van der Waals surface area (Å²) in [5.74, 6) is 0.861. The van der Waals surface area contributed by atoms with Crippen LogP contribution in [0.25, 0.3) is 33.1 Å². The average Bonchev–Trinajstić information content (AvgIpc) is 3.67. The number of nitrogens with zero attached hydrogens (tertiary/aromatic N) is 2. The lowest BCUT2D eigenvalue weighted by Gasteiger charge is -2.31. The van der Waals surface area contributed by atoms with Crippen LogP contribution in [0.5, 0.6) is 0 Å². The summed E-state index contributed by atoms with van der Waals surface area (Å²) >= 11 is 0. The van der Waals surface area contributed by atoms with Crippen molar-refractivity contribution in [2.45, 2.75) is 17.9 Å². The fourth-order valence-corrected chi connectivity index (χ4v) is 8.59. The summed E-state index contributed by atoms with van der Waals surface area (Å²) in [6.07, 6.45) is 23.1. The number of allylic oxidation sites excluding steroid dienone is 10. The van der Waals surface area contributed by atoms with Crippen molar-refractivity contribution in [3.05, 3.63) is 204 Å². The minimum Gasteiger partial charge on any atom is -0.333 e. The van der Waals surface area contributed by atoms with Gasteiger partial charge in [0.25, 0.3) is 0 Å². The van der Waals surface area contributed by atoms with E-state index in [4.69, 9.17) is 0 Å². The van der Waals surface area contributed by atoms with Gasteiger partial charge in [0.1, 0.15) is 0 Å². The molecule has 2 heteroatoms. The van der Waals surface area contributed by atoms with Gasteiger partial charge in [0.15, 0.2) is 0 Å². The van der Waals surface area contributed by atoms with E-state index >= 15 is 0 Å². The second-order valence-corrected chi connectivity index (χ2v) is 13.3. The first-order valence-corrected chi connectivity index (χ1v) is 17.0. The molecule has 0 spiro atoms. The van der Waals surface area contributed by atoms with E-state index in [0.717, 1.165) is 0 Å². The van der Waals surface area contributed by atoms with Crippen LogP contribution in [-0.4, -0.2) is 10.6 Å². The lowest BCUT2D eigenvalue weighted by atomic mass is 9.72. The Hall–Kier alpha value is -5.86. The molecule has 0 amide bonds. The van der Waals surface area contributed by atoms with Crippen LogP contribution in [0.2, 0.25) is 0 Å². The highest BCUT2D eigenvalue weighted by Gasteiger charge is 2.38. The number of fused-ring (bicyclic) bond motifs is 7. The van der Waals surface area contributed by atoms with Crippen LogP contribution in [0, 0.1) is 5.92 Å². The molecule has 0 N–H and O–H groups in total. The maximum atomic E-state index is 2.51. The molecular formula is C46H34N2. The smallest absolute Gasteiger partial charge is 0.0629 e. The number of hydrogen-bond donors (Lipinski definition) is 0. The first-order chi connectivity index (χ1) is 23.8. The molecule has 6 aromatic rings. The quantitative estimate of drug-likeness (QED) is 0.192. The topological polar surface area (TPSA) is 8.17 Å². The third-order valence-corrected chi connectivity index (χ3v) is 10.7. The van der Waals surface area contributed by atoms with Gasteiger partial charge in [-0.1, -0.05) is 127 Å². The van der Waals surface area contributed by atoms with E-state index < -0.39 is 0 Å². The van der Waals surface area contributed by atoms with Crippen molar-refractivity contribution in [3.63, 3.8) is 0 Å². The van der Waals surface area contributed by atoms with Gasteiger partial charge in [-0.15, -0.1) is 0 Å². The van der Waals surface area contributed by atoms with Gasteiger partial charge in [0, 0.05) is 45.6 Å². The van der Waals surface area contributed by atoms with Gasteiger partial charge in [-0.25, -0.2) is 0 Å². The molecule has 3 aliphatic carbocycles. The van der Waals surface area contributed by atoms with E-state index in [0.29, 0.717) is 12.0 Å². The maximum absolute atomic E-state index is 2.51. The van der Waals surface area contributed by atoms with Crippen LogP contribution in [0.15, 0.2) is 188 Å². The molecule has 5 aromatic carbocycles. The van der Waals surface area contributed by atoms with Crippen LogP contribution >= 0.6 is 0 Å². The van der Waals surface area contributed by atoms with Crippen LogP contribution in [0.1, 0.15) is 28.5 Å². The summed E-state index contributed by atoms with van der Waals surface area (Å²) in [6.45, 7) is 0. The van der Waals surface area contributed by atoms with E-state index in [-0.39, 0.29) is 11.8 Å². The maximum Gasteiger partial charge on any atom is 0.0629 e. The first kappa shape index (κ1) is 27.3. The molecule has 10 rings (SSSR count). The van der Waals surface area contributed by atoms with Crippen LogP contribution in [0.3, 0.4) is 0 Å². The molecule has 0 radical (unpaired) electrons. The van der Waals surface area contributed by atoms with Gasteiger partial charge in [0.2, 0.25) is 0 Å². The van der Waals surface area contributed by atoms with Crippen LogP contribution < -0.4 is 4.90 Å². The van der Waals surface area contributed by atoms with Crippen molar-refractivity contribution in [3.8, 4) is 5.69 Å². The zero-order valence-corrected chi connectivity index (χ0v) is 26.5. The van der Waals surface area contributed by atoms with Crippen molar-refractivity contribution in [1.29, 1.82) is 0 Å². The lowest BCUT2D eigenvalue weighted by molar-refractivity contribution is 0.674. The molecule has 2 heterocycles. The van der Waals surface area contributed by atoms with Gasteiger partial charge in [0.05, 0.1) is 17.1 Å². The molecule has 4 aliphatic rings. The van der Waals surface area contributed by atoms with Crippen molar-refractivity contribution in [1.82, 2.24) is 4.57 Å². The molecule has 48 heavy (non-hydrogen) atoms. The zero-order chi connectivity index (χ0) is 31.6. The Morgan fingerprint density at radius 1 is 0.479 bits per heavy atom. The Labute approximate surface area is 281 Å². The number of benzene rings is 5. The predicted molar refractivity (Wildman–Crippen MR) is 201 cm³/mol. The normalized spacial score (nSPS) is 22.0. The molecule has 0 saturated heterocycles. The Balaban J connectivity index is 1.06. The summed E-state index contributed by atoms with van der Waals surface area (Å²) in [6, 6.07) is 44.9. The highest BCUT2D eigenvalue weighted by molar-refractivity contribution is 6.09. The highest BCUT2D eigenvalue weighted by Crippen LogP contribution is 2.50. The number of rotatable bonds is 4. The van der Waals surface area contributed by atoms with Gasteiger partial charge in [-0.3, -0.25) is 0 Å². The van der Waals surface area contributed by atoms with Gasteiger partial charge in [-0.2, -0.15) is 0 Å². The summed E-state index contributed by atoms with van der Waals surface area (Å²) < 4.78 is 2.40. The van der Waals surface area contributed by atoms with E-state index in [2.05, 4.69) is 192 Å². The monoisotopic (exact) mass is 614 g/mol. The third-order valence-electron chi connectivity index (χ3n) is 10.7. The molecular weight excluding hydrogens is 581 g/mol. The number of hydrogen-bond acceptors (Lipinski definition) is 1. The van der Waals surface area contributed by atoms with Gasteiger partial charge in [-0.05, 0) is 82.4 Å². The Bertz CT molecular complexity index is 2410. The van der Waals surface area contributed by atoms with E-state index in [1.54, 1.807) is 0 Å². The van der Waals surface area contributed by atoms with Crippen molar-refractivity contribution < 1.29 is 0 Å². The Morgan fingerprint density at radius 2 is 1.21 bits per heavy atom. The van der Waals surface area contributed by atoms with Crippen LogP contribution in [0.4, 0.5) is 11.4 Å². The fourth-order valence-electron chi connectivity index (χ4n) is 8.59. The third kappa shape index (κ3) is 4.12. The zero-order valence-electron chi connectivity index (χ0n) is 26.5. The molecule has 4 unspecified atom stereocenters. The SMILES string of the molecule is C1=CC2=C(c3ccc4c(c3)C3C=CC=CC3N4c3ccccc3)C=CC(c3ccc4c(c3)c3ccccc3n4-c3ccccc3)C2C=C1. The second kappa shape index (κ2) is 10.9. The van der Waals surface area contributed by atoms with Crippen molar-refractivity contribution in [2.75, 3.05) is 4.90 Å². The van der Waals surface area contributed by atoms with Crippen molar-refractivity contribution in [2.24, 2.45) is 5.92 Å². The molecule has 0 saturated carbocycles. The van der Waals surface area contributed by atoms with Gasteiger partial charge < -0.3 is 9.47 Å². The average molecular weight is 615 g/mol. The van der Waals surface area contributed by atoms with E-state index in [1.807, 2.05) is 0 Å². The van der Waals surface area contributed by atoms with E-state index in [1.165, 1.54) is 66.7 Å². The molecule has 0 bridgehead atoms. The minimum atomic E-state index is 0.256. The molecule has 1 aliphatic heterocycles. The molecule has 2 nitrogen and oxygen atoms in total. The number of para-hydroxylation sites is 3. The predicted octanol–water partition coefficient (Wildman–Crippen LogP) is 11.4. The minimum absolute atomic E-state index is 0.256. The summed E-state index contributed by atoms with van der Waals surface area (Å²) in [5, 5.41) is 2.60. The Morgan fingerprint density at radius 3 is 2.08 bits per heavy atom. The number of anilines is 2.